The summed E-state index contributed by atoms with van der Waals surface area (Å²) in [6, 6.07) is 18.1. The van der Waals surface area contributed by atoms with Crippen molar-refractivity contribution in [1.29, 1.82) is 0 Å². The third-order valence-corrected chi connectivity index (χ3v) is 7.19. The number of carboxylic acids is 1. The third-order valence-electron chi connectivity index (χ3n) is 7.19. The fraction of sp³-hybridized carbons (Fsp3) is 0.385. The summed E-state index contributed by atoms with van der Waals surface area (Å²) in [7, 11) is 0. The van der Waals surface area contributed by atoms with E-state index in [0.29, 0.717) is 11.9 Å². The molecule has 1 N–H and O–H groups in total. The van der Waals surface area contributed by atoms with Gasteiger partial charge in [-0.2, -0.15) is 0 Å². The fourth-order valence-corrected chi connectivity index (χ4v) is 5.68. The maximum atomic E-state index is 13.1. The van der Waals surface area contributed by atoms with Crippen molar-refractivity contribution in [2.24, 2.45) is 5.92 Å². The summed E-state index contributed by atoms with van der Waals surface area (Å²) >= 11 is 0. The van der Waals surface area contributed by atoms with Gasteiger partial charge in [0.25, 0.3) is 0 Å². The SMILES string of the molecule is O=C(O)COC(=O)N(C1CC1)[C@H]1c2ccccc2N(c2nnc(-c3ccccc3)o2)[C@@H]2CCC[C@@H]21. The number of anilines is 2. The van der Waals surface area contributed by atoms with Crippen molar-refractivity contribution in [2.45, 2.75) is 50.2 Å². The first-order valence-electron chi connectivity index (χ1n) is 12.1. The van der Waals surface area contributed by atoms with Crippen molar-refractivity contribution in [3.05, 3.63) is 60.2 Å². The first-order chi connectivity index (χ1) is 17.1. The Morgan fingerprint density at radius 3 is 2.57 bits per heavy atom. The molecular formula is C26H26N4O5. The molecule has 2 aromatic carbocycles. The number of carbonyl (C=O) groups excluding carboxylic acids is 1. The van der Waals surface area contributed by atoms with Gasteiger partial charge in [-0.3, -0.25) is 9.80 Å². The Morgan fingerprint density at radius 1 is 1.03 bits per heavy atom. The summed E-state index contributed by atoms with van der Waals surface area (Å²) in [5, 5.41) is 17.8. The van der Waals surface area contributed by atoms with Crippen LogP contribution >= 0.6 is 0 Å². The molecule has 2 fully saturated rings. The van der Waals surface area contributed by atoms with Gasteiger partial charge in [-0.05, 0) is 49.4 Å². The van der Waals surface area contributed by atoms with Gasteiger partial charge >= 0.3 is 18.1 Å². The Kier molecular flexibility index (Phi) is 5.39. The number of fused-ring (bicyclic) bond motifs is 2. The quantitative estimate of drug-likeness (QED) is 0.543. The van der Waals surface area contributed by atoms with Crippen LogP contribution in [0.15, 0.2) is 59.0 Å². The molecular weight excluding hydrogens is 448 g/mol. The molecule has 2 heterocycles. The molecule has 35 heavy (non-hydrogen) atoms. The van der Waals surface area contributed by atoms with Gasteiger partial charge in [-0.15, -0.1) is 5.10 Å². The number of amides is 1. The molecule has 0 saturated heterocycles. The minimum atomic E-state index is -1.16. The smallest absolute Gasteiger partial charge is 0.411 e. The van der Waals surface area contributed by atoms with Crippen molar-refractivity contribution >= 4 is 23.8 Å². The van der Waals surface area contributed by atoms with E-state index in [1.54, 1.807) is 4.90 Å². The minimum absolute atomic E-state index is 0.0650. The summed E-state index contributed by atoms with van der Waals surface area (Å²) in [4.78, 5) is 28.1. The number of para-hydroxylation sites is 1. The Morgan fingerprint density at radius 2 is 1.80 bits per heavy atom. The van der Waals surface area contributed by atoms with E-state index in [1.807, 2.05) is 54.6 Å². The zero-order valence-corrected chi connectivity index (χ0v) is 19.1. The number of ether oxygens (including phenoxy) is 1. The predicted octanol–water partition coefficient (Wildman–Crippen LogP) is 4.78. The van der Waals surface area contributed by atoms with Crippen LogP contribution in [0.25, 0.3) is 11.5 Å². The number of aromatic nitrogens is 2. The molecule has 1 amide bonds. The molecule has 2 saturated carbocycles. The molecule has 0 unspecified atom stereocenters. The van der Waals surface area contributed by atoms with Crippen LogP contribution in [0.2, 0.25) is 0 Å². The molecule has 180 valence electrons. The summed E-state index contributed by atoms with van der Waals surface area (Å²) in [6.45, 7) is -0.638. The Balaban J connectivity index is 1.40. The van der Waals surface area contributed by atoms with Gasteiger partial charge in [0.05, 0.1) is 11.7 Å². The van der Waals surface area contributed by atoms with Crippen LogP contribution in [-0.2, 0) is 9.53 Å². The molecule has 9 heteroatoms. The lowest BCUT2D eigenvalue weighted by atomic mass is 9.82. The Bertz CT molecular complexity index is 1240. The number of carbonyl (C=O) groups is 2. The topological polar surface area (TPSA) is 109 Å². The highest BCUT2D eigenvalue weighted by Gasteiger charge is 2.52. The second-order valence-corrected chi connectivity index (χ2v) is 9.38. The van der Waals surface area contributed by atoms with E-state index in [-0.39, 0.29) is 24.0 Å². The third kappa shape index (κ3) is 3.90. The molecule has 0 bridgehead atoms. The zero-order valence-electron chi connectivity index (χ0n) is 19.1. The van der Waals surface area contributed by atoms with E-state index >= 15 is 0 Å². The predicted molar refractivity (Wildman–Crippen MR) is 126 cm³/mol. The van der Waals surface area contributed by atoms with Gasteiger partial charge in [-0.1, -0.05) is 47.9 Å². The number of hydrogen-bond donors (Lipinski definition) is 1. The van der Waals surface area contributed by atoms with Crippen LogP contribution in [0.5, 0.6) is 0 Å². The Labute approximate surface area is 202 Å². The normalized spacial score (nSPS) is 22.9. The summed E-state index contributed by atoms with van der Waals surface area (Å²) in [5.41, 5.74) is 2.79. The summed E-state index contributed by atoms with van der Waals surface area (Å²) in [6.07, 6.45) is 4.12. The van der Waals surface area contributed by atoms with Crippen LogP contribution in [-0.4, -0.2) is 51.0 Å². The highest BCUT2D eigenvalue weighted by atomic mass is 16.6. The molecule has 2 aliphatic carbocycles. The van der Waals surface area contributed by atoms with Gasteiger partial charge in [-0.25, -0.2) is 9.59 Å². The van der Waals surface area contributed by atoms with E-state index in [0.717, 1.165) is 48.9 Å². The first-order valence-corrected chi connectivity index (χ1v) is 12.1. The van der Waals surface area contributed by atoms with Gasteiger partial charge in [0, 0.05) is 23.6 Å². The lowest BCUT2D eigenvalue weighted by molar-refractivity contribution is -0.140. The molecule has 0 radical (unpaired) electrons. The largest absolute Gasteiger partial charge is 0.479 e. The monoisotopic (exact) mass is 474 g/mol. The van der Waals surface area contributed by atoms with E-state index < -0.39 is 18.7 Å². The number of nitrogens with zero attached hydrogens (tertiary/aromatic N) is 4. The standard InChI is InChI=1S/C26H26N4O5/c31-22(32)15-34-26(33)29(17-13-14-17)23-18-9-4-5-11-20(18)30(21-12-6-10-19(21)23)25-28-27-24(35-25)16-7-2-1-3-8-16/h1-5,7-9,11,17,19,21,23H,6,10,12-15H2,(H,31,32)/t19-,21+,23-/m0/s1. The van der Waals surface area contributed by atoms with Crippen LogP contribution in [0.4, 0.5) is 16.5 Å². The van der Waals surface area contributed by atoms with Gasteiger partial charge in [0.2, 0.25) is 5.89 Å². The molecule has 3 atom stereocenters. The second-order valence-electron chi connectivity index (χ2n) is 9.38. The number of benzene rings is 2. The Hall–Kier alpha value is -3.88. The van der Waals surface area contributed by atoms with Crippen LogP contribution in [0.1, 0.15) is 43.7 Å². The molecule has 3 aromatic rings. The fourth-order valence-electron chi connectivity index (χ4n) is 5.68. The van der Waals surface area contributed by atoms with E-state index in [1.165, 1.54) is 0 Å². The molecule has 1 aliphatic heterocycles. The average molecular weight is 475 g/mol. The van der Waals surface area contributed by atoms with Crippen molar-refractivity contribution < 1.29 is 23.8 Å². The first kappa shape index (κ1) is 21.6. The molecule has 3 aliphatic rings. The highest BCUT2D eigenvalue weighted by Crippen LogP contribution is 2.54. The van der Waals surface area contributed by atoms with E-state index in [4.69, 9.17) is 14.3 Å². The second kappa shape index (κ2) is 8.72. The molecule has 6 rings (SSSR count). The highest BCUT2D eigenvalue weighted by molar-refractivity contribution is 5.76. The van der Waals surface area contributed by atoms with Crippen molar-refractivity contribution in [1.82, 2.24) is 15.1 Å². The van der Waals surface area contributed by atoms with Crippen molar-refractivity contribution in [3.63, 3.8) is 0 Å². The van der Waals surface area contributed by atoms with Crippen LogP contribution in [0.3, 0.4) is 0 Å². The maximum absolute atomic E-state index is 13.1. The number of carboxylic acid groups (broad SMARTS) is 1. The van der Waals surface area contributed by atoms with E-state index in [9.17, 15) is 9.59 Å². The summed E-state index contributed by atoms with van der Waals surface area (Å²) < 4.78 is 11.4. The number of rotatable bonds is 6. The minimum Gasteiger partial charge on any atom is -0.479 e. The number of hydrogen-bond acceptors (Lipinski definition) is 7. The molecule has 9 nitrogen and oxygen atoms in total. The maximum Gasteiger partial charge on any atom is 0.411 e. The van der Waals surface area contributed by atoms with Gasteiger partial charge in [0.1, 0.15) is 0 Å². The van der Waals surface area contributed by atoms with Gasteiger partial charge in [0.15, 0.2) is 6.61 Å². The lowest BCUT2D eigenvalue weighted by Crippen LogP contribution is -2.49. The van der Waals surface area contributed by atoms with Gasteiger partial charge < -0.3 is 14.3 Å². The molecule has 0 spiro atoms. The number of aliphatic carboxylic acids is 1. The average Bonchev–Trinajstić information content (AvgIpc) is 3.37. The van der Waals surface area contributed by atoms with Crippen LogP contribution in [0, 0.1) is 5.92 Å². The summed E-state index contributed by atoms with van der Waals surface area (Å²) in [5.74, 6) is -0.560. The van der Waals surface area contributed by atoms with Crippen LogP contribution < -0.4 is 4.90 Å². The lowest BCUT2D eigenvalue weighted by Gasteiger charge is -2.46. The molecule has 1 aromatic heterocycles. The zero-order chi connectivity index (χ0) is 23.9. The van der Waals surface area contributed by atoms with E-state index in [2.05, 4.69) is 15.1 Å². The van der Waals surface area contributed by atoms with Crippen molar-refractivity contribution in [2.75, 3.05) is 11.5 Å². The van der Waals surface area contributed by atoms with Crippen molar-refractivity contribution in [3.8, 4) is 11.5 Å².